The molecule has 0 aliphatic carbocycles. The van der Waals surface area contributed by atoms with Crippen molar-refractivity contribution in [2.24, 2.45) is 0 Å². The van der Waals surface area contributed by atoms with Crippen LogP contribution >= 0.6 is 11.3 Å². The van der Waals surface area contributed by atoms with Crippen LogP contribution in [0.2, 0.25) is 0 Å². The van der Waals surface area contributed by atoms with Gasteiger partial charge in [0.1, 0.15) is 0 Å². The van der Waals surface area contributed by atoms with Crippen LogP contribution in [0.15, 0.2) is 28.1 Å². The molecule has 0 spiro atoms. The van der Waals surface area contributed by atoms with Gasteiger partial charge >= 0.3 is 6.03 Å². The van der Waals surface area contributed by atoms with Gasteiger partial charge in [0.25, 0.3) is 5.91 Å². The van der Waals surface area contributed by atoms with Gasteiger partial charge in [0.2, 0.25) is 0 Å². The second kappa shape index (κ2) is 5.50. The number of amides is 3. The smallest absolute Gasteiger partial charge is 0.322 e. The quantitative estimate of drug-likeness (QED) is 0.909. The Kier molecular flexibility index (Phi) is 3.69. The number of hydrogen-bond donors (Lipinski definition) is 1. The minimum atomic E-state index is -0.352. The Morgan fingerprint density at radius 1 is 1.48 bits per heavy atom. The molecule has 0 fully saturated rings. The summed E-state index contributed by atoms with van der Waals surface area (Å²) in [5, 5.41) is 6.81. The highest BCUT2D eigenvalue weighted by Crippen LogP contribution is 2.36. The van der Waals surface area contributed by atoms with Gasteiger partial charge in [-0.05, 0) is 22.4 Å². The van der Waals surface area contributed by atoms with Gasteiger partial charge in [0.15, 0.2) is 0 Å². The van der Waals surface area contributed by atoms with Crippen LogP contribution in [0.5, 0.6) is 0 Å². The zero-order chi connectivity index (χ0) is 15.0. The normalized spacial score (nSPS) is 21.9. The van der Waals surface area contributed by atoms with Crippen LogP contribution in [0.25, 0.3) is 0 Å². The predicted octanol–water partition coefficient (Wildman–Crippen LogP) is 1.19. The zero-order valence-corrected chi connectivity index (χ0v) is 12.8. The van der Waals surface area contributed by atoms with Crippen molar-refractivity contribution >= 4 is 23.3 Å². The molecule has 21 heavy (non-hydrogen) atoms. The number of methoxy groups -OCH3 is 1. The minimum Gasteiger partial charge on any atom is -0.383 e. The summed E-state index contributed by atoms with van der Waals surface area (Å²) in [7, 11) is 3.31. The number of rotatable bonds is 4. The molecule has 3 amide bonds. The highest BCUT2D eigenvalue weighted by molar-refractivity contribution is 7.08. The van der Waals surface area contributed by atoms with Gasteiger partial charge in [0, 0.05) is 20.7 Å². The van der Waals surface area contributed by atoms with E-state index >= 15 is 0 Å². The first-order valence-corrected chi connectivity index (χ1v) is 7.65. The molecule has 1 aromatic rings. The summed E-state index contributed by atoms with van der Waals surface area (Å²) in [6.07, 6.45) is 0. The van der Waals surface area contributed by atoms with E-state index in [1.807, 2.05) is 16.8 Å². The van der Waals surface area contributed by atoms with Crippen LogP contribution < -0.4 is 5.32 Å². The highest BCUT2D eigenvalue weighted by atomic mass is 32.1. The maximum atomic E-state index is 12.6. The number of nitrogens with zero attached hydrogens (tertiary/aromatic N) is 2. The summed E-state index contributed by atoms with van der Waals surface area (Å²) in [5.74, 6) is -0.0231. The average Bonchev–Trinajstić information content (AvgIpc) is 3.10. The molecule has 0 radical (unpaired) electrons. The monoisotopic (exact) mass is 307 g/mol. The molecule has 1 atom stereocenters. The number of ether oxygens (including phenoxy) is 1. The first-order valence-electron chi connectivity index (χ1n) is 6.71. The molecule has 1 N–H and O–H groups in total. The predicted molar refractivity (Wildman–Crippen MR) is 78.8 cm³/mol. The molecule has 0 saturated heterocycles. The van der Waals surface area contributed by atoms with Gasteiger partial charge in [-0.25, -0.2) is 4.79 Å². The van der Waals surface area contributed by atoms with Gasteiger partial charge < -0.3 is 15.0 Å². The summed E-state index contributed by atoms with van der Waals surface area (Å²) in [6, 6.07) is 1.41. The van der Waals surface area contributed by atoms with Crippen molar-refractivity contribution in [2.45, 2.75) is 6.04 Å². The van der Waals surface area contributed by atoms with E-state index in [4.69, 9.17) is 4.74 Å². The average molecular weight is 307 g/mol. The van der Waals surface area contributed by atoms with Gasteiger partial charge in [-0.15, -0.1) is 0 Å². The fourth-order valence-electron chi connectivity index (χ4n) is 2.69. The third kappa shape index (κ3) is 2.32. The third-order valence-electron chi connectivity index (χ3n) is 3.88. The van der Waals surface area contributed by atoms with E-state index in [-0.39, 0.29) is 18.0 Å². The summed E-state index contributed by atoms with van der Waals surface area (Å²) in [5.41, 5.74) is 2.42. The second-order valence-electron chi connectivity index (χ2n) is 5.08. The van der Waals surface area contributed by atoms with E-state index in [0.717, 1.165) is 11.3 Å². The summed E-state index contributed by atoms with van der Waals surface area (Å²) in [6.45, 7) is 1.48. The fourth-order valence-corrected chi connectivity index (χ4v) is 3.38. The van der Waals surface area contributed by atoms with Crippen molar-refractivity contribution in [1.29, 1.82) is 0 Å². The number of likely N-dealkylation sites (N-methyl/N-ethyl adjacent to an activating group) is 1. The fraction of sp³-hybridized carbons (Fsp3) is 0.429. The maximum Gasteiger partial charge on any atom is 0.322 e. The Morgan fingerprint density at radius 2 is 2.29 bits per heavy atom. The molecule has 0 bridgehead atoms. The number of urea groups is 1. The number of carbonyl (C=O) groups excluding carboxylic acids is 2. The highest BCUT2D eigenvalue weighted by Gasteiger charge is 2.42. The third-order valence-corrected chi connectivity index (χ3v) is 4.58. The molecule has 0 aromatic carbocycles. The van der Waals surface area contributed by atoms with Crippen LogP contribution in [-0.2, 0) is 9.53 Å². The van der Waals surface area contributed by atoms with E-state index in [0.29, 0.717) is 25.3 Å². The van der Waals surface area contributed by atoms with Gasteiger partial charge in [-0.3, -0.25) is 9.69 Å². The number of hydrogen-bond acceptors (Lipinski definition) is 4. The molecule has 112 valence electrons. The van der Waals surface area contributed by atoms with Crippen molar-refractivity contribution < 1.29 is 14.3 Å². The van der Waals surface area contributed by atoms with E-state index in [1.165, 1.54) is 4.90 Å². The lowest BCUT2D eigenvalue weighted by Crippen LogP contribution is -2.45. The lowest BCUT2D eigenvalue weighted by atomic mass is 9.98. The minimum absolute atomic E-state index is 0.0231. The Morgan fingerprint density at radius 3 is 2.95 bits per heavy atom. The Bertz CT molecular complexity index is 597. The van der Waals surface area contributed by atoms with Crippen LogP contribution in [0.4, 0.5) is 4.79 Å². The summed E-state index contributed by atoms with van der Waals surface area (Å²) in [4.78, 5) is 28.0. The zero-order valence-electron chi connectivity index (χ0n) is 12.0. The molecule has 6 nitrogen and oxygen atoms in total. The molecule has 7 heteroatoms. The van der Waals surface area contributed by atoms with Gasteiger partial charge in [-0.2, -0.15) is 11.3 Å². The van der Waals surface area contributed by atoms with Gasteiger partial charge in [0.05, 0.1) is 30.5 Å². The maximum absolute atomic E-state index is 12.6. The molecule has 2 aliphatic heterocycles. The topological polar surface area (TPSA) is 61.9 Å². The van der Waals surface area contributed by atoms with Crippen LogP contribution in [0.3, 0.4) is 0 Å². The Labute approximate surface area is 127 Å². The molecular weight excluding hydrogens is 290 g/mol. The summed E-state index contributed by atoms with van der Waals surface area (Å²) < 4.78 is 5.05. The van der Waals surface area contributed by atoms with Gasteiger partial charge in [-0.1, -0.05) is 0 Å². The van der Waals surface area contributed by atoms with Crippen molar-refractivity contribution in [3.8, 4) is 0 Å². The van der Waals surface area contributed by atoms with Crippen LogP contribution in [0, 0.1) is 0 Å². The second-order valence-corrected chi connectivity index (χ2v) is 5.86. The largest absolute Gasteiger partial charge is 0.383 e. The van der Waals surface area contributed by atoms with Crippen molar-refractivity contribution in [3.05, 3.63) is 33.7 Å². The van der Waals surface area contributed by atoms with E-state index in [9.17, 15) is 9.59 Å². The molecule has 3 heterocycles. The van der Waals surface area contributed by atoms with E-state index in [1.54, 1.807) is 30.4 Å². The molecule has 1 aromatic heterocycles. The lowest BCUT2D eigenvalue weighted by molar-refractivity contribution is -0.126. The van der Waals surface area contributed by atoms with Crippen LogP contribution in [-0.4, -0.2) is 55.6 Å². The number of thiophene rings is 1. The molecule has 2 aliphatic rings. The first-order chi connectivity index (χ1) is 10.1. The number of nitrogens with one attached hydrogen (secondary N) is 1. The van der Waals surface area contributed by atoms with E-state index in [2.05, 4.69) is 5.32 Å². The molecule has 1 unspecified atom stereocenters. The molecular formula is C14H17N3O3S. The molecule has 0 saturated carbocycles. The lowest BCUT2D eigenvalue weighted by Gasteiger charge is -2.30. The van der Waals surface area contributed by atoms with Crippen molar-refractivity contribution in [1.82, 2.24) is 15.1 Å². The number of carbonyl (C=O) groups is 2. The molecule has 3 rings (SSSR count). The van der Waals surface area contributed by atoms with E-state index < -0.39 is 0 Å². The standard InChI is InChI=1S/C14H17N3O3S/c1-16-10-7-17(4-5-20-2)13(18)11(10)12(15-14(16)19)9-3-6-21-8-9/h3,6,8,12H,4-5,7H2,1-2H3,(H,15,19). The van der Waals surface area contributed by atoms with Crippen molar-refractivity contribution in [3.63, 3.8) is 0 Å². The Hall–Kier alpha value is -1.86. The SMILES string of the molecule is COCCN1CC2=C(C1=O)C(c1ccsc1)NC(=O)N2C. The van der Waals surface area contributed by atoms with Crippen molar-refractivity contribution in [2.75, 3.05) is 33.9 Å². The van der Waals surface area contributed by atoms with Crippen LogP contribution in [0.1, 0.15) is 11.6 Å². The summed E-state index contributed by atoms with van der Waals surface area (Å²) >= 11 is 1.55. The first kappa shape index (κ1) is 14.1. The Balaban J connectivity index is 1.94.